The molecule has 0 bridgehead atoms. The molecule has 0 heterocycles. The van der Waals surface area contributed by atoms with Crippen molar-refractivity contribution in [3.05, 3.63) is 35.9 Å². The molecule has 0 radical (unpaired) electrons. The Bertz CT molecular complexity index is 326. The topological polar surface area (TPSA) is 21.3 Å². The zero-order chi connectivity index (χ0) is 11.6. The van der Waals surface area contributed by atoms with Crippen molar-refractivity contribution in [2.75, 3.05) is 20.2 Å². The molecule has 0 atom stereocenters. The van der Waals surface area contributed by atoms with Crippen LogP contribution in [0.1, 0.15) is 25.3 Å². The van der Waals surface area contributed by atoms with Crippen LogP contribution in [-0.2, 0) is 0 Å². The van der Waals surface area contributed by atoms with Gasteiger partial charge in [-0.25, -0.2) is 0 Å². The van der Waals surface area contributed by atoms with Crippen LogP contribution >= 0.6 is 12.4 Å². The van der Waals surface area contributed by atoms with Crippen LogP contribution in [0.5, 0.6) is 5.75 Å². The van der Waals surface area contributed by atoms with E-state index >= 15 is 0 Å². The van der Waals surface area contributed by atoms with Crippen molar-refractivity contribution in [1.82, 2.24) is 5.32 Å². The molecule has 3 heteroatoms. The average molecular weight is 256 g/mol. The molecule has 0 saturated heterocycles. The van der Waals surface area contributed by atoms with E-state index < -0.39 is 0 Å². The molecule has 1 N–H and O–H groups in total. The fraction of sp³-hybridized carbons (Fsp3) is 0.429. The summed E-state index contributed by atoms with van der Waals surface area (Å²) in [5.74, 6) is 0.923. The first-order valence-corrected chi connectivity index (χ1v) is 5.88. The van der Waals surface area contributed by atoms with E-state index in [1.165, 1.54) is 12.8 Å². The van der Waals surface area contributed by atoms with Crippen molar-refractivity contribution >= 4 is 18.5 Å². The van der Waals surface area contributed by atoms with Gasteiger partial charge in [0.15, 0.2) is 0 Å². The number of para-hydroxylation sites is 1. The molecule has 0 spiro atoms. The third-order valence-electron chi connectivity index (χ3n) is 2.41. The lowest BCUT2D eigenvalue weighted by atomic mass is 10.2. The van der Waals surface area contributed by atoms with Gasteiger partial charge in [-0.05, 0) is 19.0 Å². The second-order valence-electron chi connectivity index (χ2n) is 3.70. The minimum atomic E-state index is 0. The number of ether oxygens (including phenoxy) is 1. The van der Waals surface area contributed by atoms with Crippen LogP contribution < -0.4 is 10.1 Å². The molecule has 0 amide bonds. The van der Waals surface area contributed by atoms with Gasteiger partial charge in [0.05, 0.1) is 7.11 Å². The molecule has 96 valence electrons. The minimum absolute atomic E-state index is 0. The highest BCUT2D eigenvalue weighted by molar-refractivity contribution is 5.85. The maximum absolute atomic E-state index is 5.27. The lowest BCUT2D eigenvalue weighted by molar-refractivity contribution is 0.414. The molecular weight excluding hydrogens is 234 g/mol. The molecule has 0 aromatic heterocycles. The molecule has 0 unspecified atom stereocenters. The normalized spacial score (nSPS) is 10.2. The van der Waals surface area contributed by atoms with Gasteiger partial charge in [0.25, 0.3) is 0 Å². The van der Waals surface area contributed by atoms with Gasteiger partial charge < -0.3 is 10.1 Å². The summed E-state index contributed by atoms with van der Waals surface area (Å²) in [6, 6.07) is 8.04. The summed E-state index contributed by atoms with van der Waals surface area (Å²) >= 11 is 0. The largest absolute Gasteiger partial charge is 0.496 e. The first kappa shape index (κ1) is 16.0. The van der Waals surface area contributed by atoms with Gasteiger partial charge in [-0.2, -0.15) is 0 Å². The van der Waals surface area contributed by atoms with E-state index in [9.17, 15) is 0 Å². The van der Waals surface area contributed by atoms with Crippen molar-refractivity contribution in [2.24, 2.45) is 0 Å². The smallest absolute Gasteiger partial charge is 0.126 e. The molecule has 0 aliphatic carbocycles. The molecule has 0 fully saturated rings. The average Bonchev–Trinajstić information content (AvgIpc) is 2.34. The highest BCUT2D eigenvalue weighted by atomic mass is 35.5. The van der Waals surface area contributed by atoms with Crippen LogP contribution in [0.4, 0.5) is 0 Å². The molecule has 0 aliphatic rings. The van der Waals surface area contributed by atoms with E-state index in [2.05, 4.69) is 30.5 Å². The number of benzene rings is 1. The number of nitrogens with one attached hydrogen (secondary N) is 1. The molecule has 1 aromatic rings. The summed E-state index contributed by atoms with van der Waals surface area (Å²) < 4.78 is 5.27. The monoisotopic (exact) mass is 255 g/mol. The van der Waals surface area contributed by atoms with Crippen molar-refractivity contribution in [3.63, 3.8) is 0 Å². The van der Waals surface area contributed by atoms with Crippen molar-refractivity contribution in [3.8, 4) is 5.75 Å². The molecule has 0 saturated carbocycles. The highest BCUT2D eigenvalue weighted by Gasteiger charge is 1.95. The van der Waals surface area contributed by atoms with Gasteiger partial charge >= 0.3 is 0 Å². The second kappa shape index (κ2) is 10.2. The lowest BCUT2D eigenvalue weighted by Gasteiger charge is -2.03. The fourth-order valence-corrected chi connectivity index (χ4v) is 1.48. The van der Waals surface area contributed by atoms with Crippen molar-refractivity contribution in [1.29, 1.82) is 0 Å². The summed E-state index contributed by atoms with van der Waals surface area (Å²) in [4.78, 5) is 0. The quantitative estimate of drug-likeness (QED) is 0.753. The summed E-state index contributed by atoms with van der Waals surface area (Å²) in [5, 5.41) is 3.37. The molecule has 2 nitrogen and oxygen atoms in total. The summed E-state index contributed by atoms with van der Waals surface area (Å²) in [6.45, 7) is 4.21. The molecular formula is C14H22ClNO. The predicted molar refractivity (Wildman–Crippen MR) is 77.1 cm³/mol. The van der Waals surface area contributed by atoms with Crippen LogP contribution in [0.25, 0.3) is 6.08 Å². The SMILES string of the molecule is CCCCNCC=Cc1ccccc1OC.Cl. The van der Waals surface area contributed by atoms with Gasteiger partial charge in [0.2, 0.25) is 0 Å². The summed E-state index contributed by atoms with van der Waals surface area (Å²) in [5.41, 5.74) is 1.13. The Hall–Kier alpha value is -0.990. The zero-order valence-electron chi connectivity index (χ0n) is 10.6. The first-order valence-electron chi connectivity index (χ1n) is 5.88. The summed E-state index contributed by atoms with van der Waals surface area (Å²) in [6.07, 6.45) is 6.71. The van der Waals surface area contributed by atoms with E-state index in [1.54, 1.807) is 7.11 Å². The van der Waals surface area contributed by atoms with Crippen LogP contribution in [-0.4, -0.2) is 20.2 Å². The van der Waals surface area contributed by atoms with E-state index in [0.717, 1.165) is 24.4 Å². The highest BCUT2D eigenvalue weighted by Crippen LogP contribution is 2.18. The standard InChI is InChI=1S/C14H21NO.ClH/c1-3-4-11-15-12-7-9-13-8-5-6-10-14(13)16-2;/h5-10,15H,3-4,11-12H2,1-2H3;1H. The van der Waals surface area contributed by atoms with Crippen LogP contribution in [0.2, 0.25) is 0 Å². The Morgan fingerprint density at radius 3 is 2.76 bits per heavy atom. The number of methoxy groups -OCH3 is 1. The number of halogens is 1. The van der Waals surface area contributed by atoms with E-state index in [-0.39, 0.29) is 12.4 Å². The molecule has 0 aliphatic heterocycles. The Morgan fingerprint density at radius 2 is 2.06 bits per heavy atom. The van der Waals surface area contributed by atoms with Crippen LogP contribution in [0.3, 0.4) is 0 Å². The molecule has 17 heavy (non-hydrogen) atoms. The molecule has 1 aromatic carbocycles. The van der Waals surface area contributed by atoms with Gasteiger partial charge in [-0.1, -0.05) is 43.7 Å². The van der Waals surface area contributed by atoms with Crippen molar-refractivity contribution < 1.29 is 4.74 Å². The zero-order valence-corrected chi connectivity index (χ0v) is 11.4. The number of unbranched alkanes of at least 4 members (excludes halogenated alkanes) is 1. The minimum Gasteiger partial charge on any atom is -0.496 e. The van der Waals surface area contributed by atoms with Gasteiger partial charge in [0.1, 0.15) is 5.75 Å². The molecule has 1 rings (SSSR count). The lowest BCUT2D eigenvalue weighted by Crippen LogP contribution is -2.14. The second-order valence-corrected chi connectivity index (χ2v) is 3.70. The fourth-order valence-electron chi connectivity index (χ4n) is 1.48. The third-order valence-corrected chi connectivity index (χ3v) is 2.41. The number of hydrogen-bond acceptors (Lipinski definition) is 2. The number of rotatable bonds is 7. The number of hydrogen-bond donors (Lipinski definition) is 1. The van der Waals surface area contributed by atoms with E-state index in [1.807, 2.05) is 18.2 Å². The van der Waals surface area contributed by atoms with E-state index in [0.29, 0.717) is 0 Å². The van der Waals surface area contributed by atoms with Crippen molar-refractivity contribution in [2.45, 2.75) is 19.8 Å². The van der Waals surface area contributed by atoms with E-state index in [4.69, 9.17) is 4.74 Å². The van der Waals surface area contributed by atoms with Gasteiger partial charge in [-0.15, -0.1) is 12.4 Å². The first-order chi connectivity index (χ1) is 7.88. The third kappa shape index (κ3) is 6.35. The maximum atomic E-state index is 5.27. The Labute approximate surface area is 110 Å². The van der Waals surface area contributed by atoms with Gasteiger partial charge in [0, 0.05) is 12.1 Å². The Morgan fingerprint density at radius 1 is 1.29 bits per heavy atom. The predicted octanol–water partition coefficient (Wildman–Crippen LogP) is 3.52. The van der Waals surface area contributed by atoms with Crippen LogP contribution in [0, 0.1) is 0 Å². The summed E-state index contributed by atoms with van der Waals surface area (Å²) in [7, 11) is 1.70. The Balaban J connectivity index is 0.00000256. The van der Waals surface area contributed by atoms with Gasteiger partial charge in [-0.3, -0.25) is 0 Å². The Kier molecular flexibility index (Phi) is 9.59. The van der Waals surface area contributed by atoms with Crippen LogP contribution in [0.15, 0.2) is 30.3 Å². The maximum Gasteiger partial charge on any atom is 0.126 e.